The number of hydrogen-bond acceptors (Lipinski definition) is 8. The largest absolute Gasteiger partial charge is 0.491 e. The van der Waals surface area contributed by atoms with E-state index in [1.165, 1.54) is 5.69 Å². The van der Waals surface area contributed by atoms with Crippen LogP contribution in [0.2, 0.25) is 10.0 Å². The first kappa shape index (κ1) is 25.3. The third-order valence-electron chi connectivity index (χ3n) is 6.91. The van der Waals surface area contributed by atoms with Gasteiger partial charge in [-0.3, -0.25) is 0 Å². The van der Waals surface area contributed by atoms with Gasteiger partial charge in [-0.15, -0.1) is 0 Å². The summed E-state index contributed by atoms with van der Waals surface area (Å²) in [5.41, 5.74) is 1.89. The lowest BCUT2D eigenvalue weighted by Gasteiger charge is -2.36. The number of anilines is 1. The monoisotopic (exact) mass is 557 g/mol. The normalized spacial score (nSPS) is 23.4. The highest BCUT2D eigenvalue weighted by Gasteiger charge is 2.45. The molecular weight excluding hydrogens is 529 g/mol. The predicted molar refractivity (Wildman–Crippen MR) is 145 cm³/mol. The number of imidazole rings is 1. The van der Waals surface area contributed by atoms with Crippen LogP contribution in [0.15, 0.2) is 66.2 Å². The summed E-state index contributed by atoms with van der Waals surface area (Å²) in [6.45, 7) is 6.19. The minimum atomic E-state index is -1.07. The van der Waals surface area contributed by atoms with E-state index in [2.05, 4.69) is 31.9 Å². The number of halogens is 2. The van der Waals surface area contributed by atoms with Crippen LogP contribution in [0.3, 0.4) is 0 Å². The smallest absolute Gasteiger partial charge is 0.287 e. The number of aromatic nitrogens is 2. The molecule has 0 spiro atoms. The number of aliphatic imine (C=N–C) groups is 1. The first-order chi connectivity index (χ1) is 18.6. The number of nitrogens with zero attached hydrogens (tertiary/aromatic N) is 5. The van der Waals surface area contributed by atoms with Gasteiger partial charge in [0, 0.05) is 54.8 Å². The molecule has 2 atom stereocenters. The maximum absolute atomic E-state index is 6.56. The summed E-state index contributed by atoms with van der Waals surface area (Å²) in [5, 5.41) is 1.04. The molecule has 9 nitrogen and oxygen atoms in total. The van der Waals surface area contributed by atoms with E-state index in [9.17, 15) is 0 Å². The Hall–Kier alpha value is -2.98. The van der Waals surface area contributed by atoms with Gasteiger partial charge in [0.25, 0.3) is 6.02 Å². The third-order valence-corrected chi connectivity index (χ3v) is 7.46. The first-order valence-electron chi connectivity index (χ1n) is 12.7. The van der Waals surface area contributed by atoms with E-state index in [1.54, 1.807) is 24.7 Å². The molecule has 2 unspecified atom stereocenters. The van der Waals surface area contributed by atoms with E-state index in [4.69, 9.17) is 42.1 Å². The van der Waals surface area contributed by atoms with E-state index in [0.29, 0.717) is 36.4 Å². The van der Waals surface area contributed by atoms with Gasteiger partial charge < -0.3 is 33.3 Å². The number of amidine groups is 1. The lowest BCUT2D eigenvalue weighted by atomic mass is 10.1. The Balaban J connectivity index is 1.06. The highest BCUT2D eigenvalue weighted by atomic mass is 35.5. The molecule has 38 heavy (non-hydrogen) atoms. The van der Waals surface area contributed by atoms with Crippen LogP contribution in [-0.2, 0) is 26.5 Å². The molecular formula is C27H29Cl2N5O4. The van der Waals surface area contributed by atoms with Crippen LogP contribution in [-0.4, -0.2) is 79.1 Å². The Morgan fingerprint density at radius 1 is 1.03 bits per heavy atom. The number of rotatable bonds is 7. The van der Waals surface area contributed by atoms with Crippen molar-refractivity contribution < 1.29 is 18.9 Å². The maximum atomic E-state index is 6.56. The highest BCUT2D eigenvalue weighted by molar-refractivity contribution is 6.35. The Labute approximate surface area is 231 Å². The zero-order valence-electron chi connectivity index (χ0n) is 20.8. The van der Waals surface area contributed by atoms with Gasteiger partial charge in [-0.2, -0.15) is 0 Å². The summed E-state index contributed by atoms with van der Waals surface area (Å²) in [6, 6.07) is 14.3. The number of hydrogen-bond donors (Lipinski definition) is 0. The lowest BCUT2D eigenvalue weighted by molar-refractivity contribution is -0.189. The second-order valence-electron chi connectivity index (χ2n) is 9.45. The number of piperazine rings is 1. The van der Waals surface area contributed by atoms with Crippen molar-refractivity contribution in [3.8, 4) is 5.75 Å². The summed E-state index contributed by atoms with van der Waals surface area (Å²) in [7, 11) is 0. The molecule has 2 saturated heterocycles. The minimum Gasteiger partial charge on any atom is -0.491 e. The summed E-state index contributed by atoms with van der Waals surface area (Å²) in [5.74, 6) is -0.293. The molecule has 200 valence electrons. The van der Waals surface area contributed by atoms with Crippen LogP contribution in [0.5, 0.6) is 5.75 Å². The molecule has 3 aliphatic heterocycles. The molecule has 0 radical (unpaired) electrons. The van der Waals surface area contributed by atoms with Gasteiger partial charge in [-0.05, 0) is 36.4 Å². The summed E-state index contributed by atoms with van der Waals surface area (Å²) in [6.07, 6.45) is 5.02. The molecule has 1 aromatic heterocycles. The standard InChI is InChI=1S/C27H29Cl2N5O4/c28-20-1-6-24(25(29)15-20)27(18-32-9-7-30-19-32)37-17-23(38-27)16-36-22-4-2-21(3-5-22)33-10-12-34(13-11-33)26-31-8-14-35-26/h1-7,9,15,19,23H,8,10-14,16-18H2. The Morgan fingerprint density at radius 3 is 2.55 bits per heavy atom. The average molecular weight is 558 g/mol. The van der Waals surface area contributed by atoms with Crippen molar-refractivity contribution in [3.05, 3.63) is 76.8 Å². The van der Waals surface area contributed by atoms with Crippen LogP contribution >= 0.6 is 23.2 Å². The molecule has 2 fully saturated rings. The molecule has 4 heterocycles. The van der Waals surface area contributed by atoms with Crippen molar-refractivity contribution in [1.82, 2.24) is 14.5 Å². The molecule has 0 amide bonds. The van der Waals surface area contributed by atoms with Gasteiger partial charge in [-0.25, -0.2) is 9.98 Å². The molecule has 3 aromatic rings. The maximum Gasteiger partial charge on any atom is 0.287 e. The van der Waals surface area contributed by atoms with Gasteiger partial charge in [0.15, 0.2) is 0 Å². The van der Waals surface area contributed by atoms with Crippen LogP contribution in [0.4, 0.5) is 5.69 Å². The second-order valence-corrected chi connectivity index (χ2v) is 10.3. The van der Waals surface area contributed by atoms with Crippen molar-refractivity contribution in [2.75, 3.05) is 57.4 Å². The molecule has 3 aliphatic rings. The molecule has 0 aliphatic carbocycles. The molecule has 0 bridgehead atoms. The summed E-state index contributed by atoms with van der Waals surface area (Å²) >= 11 is 12.7. The second kappa shape index (κ2) is 11.0. The fraction of sp³-hybridized carbons (Fsp3) is 0.407. The summed E-state index contributed by atoms with van der Waals surface area (Å²) < 4.78 is 26.3. The zero-order valence-corrected chi connectivity index (χ0v) is 22.4. The van der Waals surface area contributed by atoms with Gasteiger partial charge >= 0.3 is 0 Å². The Morgan fingerprint density at radius 2 is 1.84 bits per heavy atom. The molecule has 11 heteroatoms. The number of benzene rings is 2. The van der Waals surface area contributed by atoms with E-state index in [-0.39, 0.29) is 6.10 Å². The van der Waals surface area contributed by atoms with Crippen LogP contribution < -0.4 is 9.64 Å². The quantitative estimate of drug-likeness (QED) is 0.434. The zero-order chi connectivity index (χ0) is 26.0. The van der Waals surface area contributed by atoms with Crippen LogP contribution in [0.1, 0.15) is 5.56 Å². The van der Waals surface area contributed by atoms with Crippen LogP contribution in [0, 0.1) is 0 Å². The Kier molecular flexibility index (Phi) is 7.34. The summed E-state index contributed by atoms with van der Waals surface area (Å²) in [4.78, 5) is 13.1. The van der Waals surface area contributed by atoms with Crippen molar-refractivity contribution in [2.45, 2.75) is 18.4 Å². The van der Waals surface area contributed by atoms with Crippen molar-refractivity contribution in [3.63, 3.8) is 0 Å². The minimum absolute atomic E-state index is 0.279. The highest BCUT2D eigenvalue weighted by Crippen LogP contribution is 2.40. The van der Waals surface area contributed by atoms with E-state index in [1.807, 2.05) is 29.0 Å². The van der Waals surface area contributed by atoms with Gasteiger partial charge in [-0.1, -0.05) is 29.3 Å². The van der Waals surface area contributed by atoms with Gasteiger partial charge in [0.2, 0.25) is 5.79 Å². The predicted octanol–water partition coefficient (Wildman–Crippen LogP) is 4.05. The molecule has 6 rings (SSSR count). The third kappa shape index (κ3) is 5.42. The fourth-order valence-electron chi connectivity index (χ4n) is 4.99. The van der Waals surface area contributed by atoms with Gasteiger partial charge in [0.05, 0.1) is 31.0 Å². The molecule has 0 N–H and O–H groups in total. The topological polar surface area (TPSA) is 73.6 Å². The van der Waals surface area contributed by atoms with E-state index in [0.717, 1.165) is 50.1 Å². The van der Waals surface area contributed by atoms with Crippen molar-refractivity contribution in [2.24, 2.45) is 4.99 Å². The SMILES string of the molecule is Clc1ccc(C2(Cn3ccnc3)OCC(COc3ccc(N4CCN(C5=NCCO5)CC4)cc3)O2)c(Cl)c1. The fourth-order valence-corrected chi connectivity index (χ4v) is 5.54. The Bertz CT molecular complexity index is 1260. The van der Waals surface area contributed by atoms with Gasteiger partial charge in [0.1, 0.15) is 25.1 Å². The average Bonchev–Trinajstić information content (AvgIpc) is 3.72. The van der Waals surface area contributed by atoms with Crippen molar-refractivity contribution >= 4 is 34.9 Å². The van der Waals surface area contributed by atoms with E-state index >= 15 is 0 Å². The number of ether oxygens (including phenoxy) is 4. The molecule has 0 saturated carbocycles. The molecule has 2 aromatic carbocycles. The van der Waals surface area contributed by atoms with Crippen LogP contribution in [0.25, 0.3) is 0 Å². The first-order valence-corrected chi connectivity index (χ1v) is 13.5. The van der Waals surface area contributed by atoms with E-state index < -0.39 is 5.79 Å². The lowest BCUT2D eigenvalue weighted by Crippen LogP contribution is -2.48. The van der Waals surface area contributed by atoms with Crippen molar-refractivity contribution in [1.29, 1.82) is 0 Å².